The molecule has 1 aromatic carbocycles. The molecule has 2 N–H and O–H groups in total. The standard InChI is InChI=1S/C13H15N3O/c1-9-7-11(17)3-4-12(9)16-10(2)13-8-14-5-6-15-13/h3-8,10,16-17H,1-2H3. The van der Waals surface area contributed by atoms with Crippen LogP contribution in [0.4, 0.5) is 5.69 Å². The first kappa shape index (κ1) is 11.4. The number of nitrogens with zero attached hydrogens (tertiary/aromatic N) is 2. The van der Waals surface area contributed by atoms with Crippen LogP contribution in [0.1, 0.15) is 24.2 Å². The van der Waals surface area contributed by atoms with E-state index >= 15 is 0 Å². The van der Waals surface area contributed by atoms with E-state index in [0.717, 1.165) is 16.9 Å². The highest BCUT2D eigenvalue weighted by atomic mass is 16.3. The molecule has 1 aromatic heterocycles. The fourth-order valence-electron chi connectivity index (χ4n) is 1.65. The van der Waals surface area contributed by atoms with Gasteiger partial charge in [0, 0.05) is 18.1 Å². The van der Waals surface area contributed by atoms with Gasteiger partial charge in [-0.1, -0.05) is 0 Å². The van der Waals surface area contributed by atoms with Gasteiger partial charge in [-0.05, 0) is 37.6 Å². The number of benzene rings is 1. The van der Waals surface area contributed by atoms with Crippen LogP contribution in [0.15, 0.2) is 36.8 Å². The first-order chi connectivity index (χ1) is 8.16. The number of aromatic hydroxyl groups is 1. The normalized spacial score (nSPS) is 12.1. The second-order valence-corrected chi connectivity index (χ2v) is 4.00. The zero-order chi connectivity index (χ0) is 12.3. The lowest BCUT2D eigenvalue weighted by Crippen LogP contribution is -2.09. The fraction of sp³-hybridized carbons (Fsp3) is 0.231. The highest BCUT2D eigenvalue weighted by molar-refractivity contribution is 5.54. The minimum Gasteiger partial charge on any atom is -0.508 e. The van der Waals surface area contributed by atoms with Crippen LogP contribution in [0.3, 0.4) is 0 Å². The van der Waals surface area contributed by atoms with E-state index in [0.29, 0.717) is 0 Å². The van der Waals surface area contributed by atoms with Gasteiger partial charge in [0.05, 0.1) is 17.9 Å². The van der Waals surface area contributed by atoms with Gasteiger partial charge >= 0.3 is 0 Å². The van der Waals surface area contributed by atoms with Gasteiger partial charge in [-0.3, -0.25) is 9.97 Å². The molecule has 4 heteroatoms. The van der Waals surface area contributed by atoms with Gasteiger partial charge in [-0.15, -0.1) is 0 Å². The number of phenolic OH excluding ortho intramolecular Hbond substituents is 1. The van der Waals surface area contributed by atoms with Gasteiger partial charge in [0.25, 0.3) is 0 Å². The number of nitrogens with one attached hydrogen (secondary N) is 1. The topological polar surface area (TPSA) is 58.0 Å². The van der Waals surface area contributed by atoms with Crippen molar-refractivity contribution in [2.24, 2.45) is 0 Å². The third kappa shape index (κ3) is 2.72. The zero-order valence-electron chi connectivity index (χ0n) is 9.88. The molecule has 0 radical (unpaired) electrons. The van der Waals surface area contributed by atoms with Gasteiger partial charge in [-0.25, -0.2) is 0 Å². The molecule has 0 aliphatic carbocycles. The molecule has 0 bridgehead atoms. The smallest absolute Gasteiger partial charge is 0.115 e. The fourth-order valence-corrected chi connectivity index (χ4v) is 1.65. The summed E-state index contributed by atoms with van der Waals surface area (Å²) in [6.07, 6.45) is 5.08. The summed E-state index contributed by atoms with van der Waals surface area (Å²) in [7, 11) is 0. The maximum Gasteiger partial charge on any atom is 0.115 e. The Balaban J connectivity index is 2.16. The Hall–Kier alpha value is -2.10. The summed E-state index contributed by atoms with van der Waals surface area (Å²) in [6.45, 7) is 3.97. The first-order valence-corrected chi connectivity index (χ1v) is 5.49. The van der Waals surface area contributed by atoms with Gasteiger partial charge in [0.15, 0.2) is 0 Å². The quantitative estimate of drug-likeness (QED) is 0.794. The third-order valence-electron chi connectivity index (χ3n) is 2.61. The van der Waals surface area contributed by atoms with E-state index in [1.54, 1.807) is 30.7 Å². The number of rotatable bonds is 3. The van der Waals surface area contributed by atoms with Crippen LogP contribution in [-0.2, 0) is 0 Å². The van der Waals surface area contributed by atoms with Crippen LogP contribution in [0.2, 0.25) is 0 Å². The summed E-state index contributed by atoms with van der Waals surface area (Å²) in [5, 5.41) is 12.7. The summed E-state index contributed by atoms with van der Waals surface area (Å²) in [4.78, 5) is 8.29. The molecule has 0 saturated carbocycles. The molecule has 0 spiro atoms. The molecule has 17 heavy (non-hydrogen) atoms. The van der Waals surface area contributed by atoms with Crippen molar-refractivity contribution in [3.05, 3.63) is 48.0 Å². The molecule has 1 atom stereocenters. The maximum absolute atomic E-state index is 9.34. The predicted octanol–water partition coefficient (Wildman–Crippen LogP) is 2.66. The molecule has 1 heterocycles. The molecule has 1 unspecified atom stereocenters. The summed E-state index contributed by atoms with van der Waals surface area (Å²) >= 11 is 0. The Morgan fingerprint density at radius 2 is 2.12 bits per heavy atom. The third-order valence-corrected chi connectivity index (χ3v) is 2.61. The molecule has 0 fully saturated rings. The average molecular weight is 229 g/mol. The Morgan fingerprint density at radius 1 is 1.29 bits per heavy atom. The van der Waals surface area contributed by atoms with E-state index in [4.69, 9.17) is 0 Å². The van der Waals surface area contributed by atoms with Crippen molar-refractivity contribution >= 4 is 5.69 Å². The number of anilines is 1. The van der Waals surface area contributed by atoms with Crippen LogP contribution in [0, 0.1) is 6.92 Å². The summed E-state index contributed by atoms with van der Waals surface area (Å²) < 4.78 is 0. The number of hydrogen-bond donors (Lipinski definition) is 2. The zero-order valence-corrected chi connectivity index (χ0v) is 9.88. The summed E-state index contributed by atoms with van der Waals surface area (Å²) in [5.41, 5.74) is 2.88. The number of aromatic nitrogens is 2. The second-order valence-electron chi connectivity index (χ2n) is 4.00. The van der Waals surface area contributed by atoms with Gasteiger partial charge in [-0.2, -0.15) is 0 Å². The predicted molar refractivity (Wildman–Crippen MR) is 66.9 cm³/mol. The Kier molecular flexibility index (Phi) is 3.23. The van der Waals surface area contributed by atoms with Crippen molar-refractivity contribution in [1.82, 2.24) is 9.97 Å². The number of phenols is 1. The largest absolute Gasteiger partial charge is 0.508 e. The van der Waals surface area contributed by atoms with Crippen LogP contribution >= 0.6 is 0 Å². The highest BCUT2D eigenvalue weighted by Gasteiger charge is 2.08. The van der Waals surface area contributed by atoms with Crippen LogP contribution in [-0.4, -0.2) is 15.1 Å². The molecule has 4 nitrogen and oxygen atoms in total. The second kappa shape index (κ2) is 4.82. The highest BCUT2D eigenvalue weighted by Crippen LogP contribution is 2.23. The van der Waals surface area contributed by atoms with Crippen molar-refractivity contribution < 1.29 is 5.11 Å². The monoisotopic (exact) mass is 229 g/mol. The Bertz CT molecular complexity index is 499. The maximum atomic E-state index is 9.34. The minimum atomic E-state index is 0.0759. The van der Waals surface area contributed by atoms with E-state index in [1.807, 2.05) is 19.9 Å². The lowest BCUT2D eigenvalue weighted by Gasteiger charge is -2.16. The minimum absolute atomic E-state index is 0.0759. The Labute approximate surface area is 100 Å². The van der Waals surface area contributed by atoms with Crippen LogP contribution < -0.4 is 5.32 Å². The van der Waals surface area contributed by atoms with Crippen molar-refractivity contribution in [2.75, 3.05) is 5.32 Å². The number of hydrogen-bond acceptors (Lipinski definition) is 4. The SMILES string of the molecule is Cc1cc(O)ccc1NC(C)c1cnccn1. The molecular formula is C13H15N3O. The van der Waals surface area contributed by atoms with Crippen LogP contribution in [0.5, 0.6) is 5.75 Å². The van der Waals surface area contributed by atoms with Crippen molar-refractivity contribution in [3.8, 4) is 5.75 Å². The molecule has 0 saturated heterocycles. The molecule has 88 valence electrons. The summed E-state index contributed by atoms with van der Waals surface area (Å²) in [5.74, 6) is 0.278. The molecule has 2 aromatic rings. The molecule has 0 aliphatic rings. The van der Waals surface area contributed by atoms with E-state index in [2.05, 4.69) is 15.3 Å². The number of aryl methyl sites for hydroxylation is 1. The van der Waals surface area contributed by atoms with Gasteiger partial charge < -0.3 is 10.4 Å². The van der Waals surface area contributed by atoms with E-state index in [9.17, 15) is 5.11 Å². The van der Waals surface area contributed by atoms with Gasteiger partial charge in [0.1, 0.15) is 5.75 Å². The van der Waals surface area contributed by atoms with E-state index in [1.165, 1.54) is 0 Å². The molecular weight excluding hydrogens is 214 g/mol. The molecule has 0 aliphatic heterocycles. The lowest BCUT2D eigenvalue weighted by molar-refractivity contribution is 0.475. The van der Waals surface area contributed by atoms with Crippen molar-refractivity contribution in [3.63, 3.8) is 0 Å². The summed E-state index contributed by atoms with van der Waals surface area (Å²) in [6, 6.07) is 5.33. The van der Waals surface area contributed by atoms with E-state index in [-0.39, 0.29) is 11.8 Å². The average Bonchev–Trinajstić information content (AvgIpc) is 2.34. The first-order valence-electron chi connectivity index (χ1n) is 5.49. The van der Waals surface area contributed by atoms with Gasteiger partial charge in [0.2, 0.25) is 0 Å². The molecule has 2 rings (SSSR count). The lowest BCUT2D eigenvalue weighted by atomic mass is 10.1. The van der Waals surface area contributed by atoms with Crippen LogP contribution in [0.25, 0.3) is 0 Å². The van der Waals surface area contributed by atoms with Crippen molar-refractivity contribution in [2.45, 2.75) is 19.9 Å². The Morgan fingerprint density at radius 3 is 2.76 bits per heavy atom. The van der Waals surface area contributed by atoms with E-state index < -0.39 is 0 Å². The molecule has 0 amide bonds. The van der Waals surface area contributed by atoms with Crippen molar-refractivity contribution in [1.29, 1.82) is 0 Å².